The van der Waals surface area contributed by atoms with Crippen LogP contribution in [0.15, 0.2) is 5.38 Å². The summed E-state index contributed by atoms with van der Waals surface area (Å²) in [5, 5.41) is 13.2. The molecule has 0 bridgehead atoms. The molecular formula is C9H12N2O4S. The van der Waals surface area contributed by atoms with Gasteiger partial charge in [0.15, 0.2) is 5.69 Å². The molecule has 0 fully saturated rings. The van der Waals surface area contributed by atoms with Crippen molar-refractivity contribution in [1.82, 2.24) is 10.3 Å². The smallest absolute Gasteiger partial charge is 0.355 e. The second kappa shape index (κ2) is 6.19. The average Bonchev–Trinajstić information content (AvgIpc) is 2.66. The van der Waals surface area contributed by atoms with Gasteiger partial charge >= 0.3 is 5.97 Å². The number of carbonyl (C=O) groups excluding carboxylic acids is 1. The van der Waals surface area contributed by atoms with Gasteiger partial charge in [-0.2, -0.15) is 0 Å². The van der Waals surface area contributed by atoms with Crippen molar-refractivity contribution >= 4 is 23.2 Å². The zero-order valence-corrected chi connectivity index (χ0v) is 9.54. The van der Waals surface area contributed by atoms with Crippen LogP contribution in [0.5, 0.6) is 0 Å². The van der Waals surface area contributed by atoms with Crippen LogP contribution >= 0.6 is 11.3 Å². The van der Waals surface area contributed by atoms with Gasteiger partial charge in [0.05, 0.1) is 13.0 Å². The van der Waals surface area contributed by atoms with Crippen molar-refractivity contribution < 1.29 is 19.4 Å². The number of carbonyl (C=O) groups is 2. The quantitative estimate of drug-likeness (QED) is 0.695. The largest absolute Gasteiger partial charge is 0.476 e. The molecule has 0 saturated carbocycles. The summed E-state index contributed by atoms with van der Waals surface area (Å²) in [4.78, 5) is 25.7. The van der Waals surface area contributed by atoms with E-state index in [0.29, 0.717) is 18.2 Å². The van der Waals surface area contributed by atoms with Gasteiger partial charge in [0, 0.05) is 19.0 Å². The van der Waals surface area contributed by atoms with Crippen molar-refractivity contribution in [2.45, 2.75) is 6.42 Å². The second-order valence-corrected chi connectivity index (χ2v) is 3.89. The first kappa shape index (κ1) is 12.6. The molecule has 7 heteroatoms. The molecule has 0 saturated heterocycles. The summed E-state index contributed by atoms with van der Waals surface area (Å²) in [6.45, 7) is 0.885. The molecule has 0 unspecified atom stereocenters. The number of carboxylic acid groups (broad SMARTS) is 1. The van der Waals surface area contributed by atoms with Crippen molar-refractivity contribution in [3.63, 3.8) is 0 Å². The van der Waals surface area contributed by atoms with Crippen molar-refractivity contribution in [2.75, 3.05) is 20.3 Å². The number of amides is 1. The second-order valence-electron chi connectivity index (χ2n) is 2.95. The highest BCUT2D eigenvalue weighted by atomic mass is 32.1. The van der Waals surface area contributed by atoms with Crippen LogP contribution in [0.1, 0.15) is 15.5 Å². The highest BCUT2D eigenvalue weighted by molar-refractivity contribution is 7.09. The molecule has 0 atom stereocenters. The number of hydrogen-bond donors (Lipinski definition) is 2. The normalized spacial score (nSPS) is 10.1. The lowest BCUT2D eigenvalue weighted by Gasteiger charge is -2.01. The molecule has 0 spiro atoms. The number of carboxylic acids is 1. The van der Waals surface area contributed by atoms with Gasteiger partial charge in [-0.1, -0.05) is 0 Å². The fourth-order valence-corrected chi connectivity index (χ4v) is 1.75. The van der Waals surface area contributed by atoms with Crippen LogP contribution in [-0.2, 0) is 16.0 Å². The van der Waals surface area contributed by atoms with Crippen LogP contribution in [-0.4, -0.2) is 42.2 Å². The number of rotatable bonds is 6. The summed E-state index contributed by atoms with van der Waals surface area (Å²) in [6, 6.07) is 0. The van der Waals surface area contributed by atoms with E-state index in [1.54, 1.807) is 7.11 Å². The van der Waals surface area contributed by atoms with Crippen molar-refractivity contribution in [2.24, 2.45) is 0 Å². The van der Waals surface area contributed by atoms with Crippen molar-refractivity contribution in [3.8, 4) is 0 Å². The number of aromatic carboxylic acids is 1. The van der Waals surface area contributed by atoms with Gasteiger partial charge in [0.2, 0.25) is 5.91 Å². The number of ether oxygens (including phenoxy) is 1. The summed E-state index contributed by atoms with van der Waals surface area (Å²) in [5.74, 6) is -1.27. The lowest BCUT2D eigenvalue weighted by atomic mass is 10.4. The van der Waals surface area contributed by atoms with E-state index in [1.807, 2.05) is 0 Å². The third kappa shape index (κ3) is 3.95. The van der Waals surface area contributed by atoms with Gasteiger partial charge in [-0.3, -0.25) is 4.79 Å². The number of methoxy groups -OCH3 is 1. The van der Waals surface area contributed by atoms with Gasteiger partial charge in [0.25, 0.3) is 0 Å². The number of nitrogens with one attached hydrogen (secondary N) is 1. The standard InChI is InChI=1S/C9H12N2O4S/c1-15-3-2-10-7(12)4-8-11-6(5-16-8)9(13)14/h5H,2-4H2,1H3,(H,10,12)(H,13,14). The Morgan fingerprint density at radius 3 is 2.94 bits per heavy atom. The Bertz CT molecular complexity index is 377. The van der Waals surface area contributed by atoms with Gasteiger partial charge in [-0.25, -0.2) is 9.78 Å². The summed E-state index contributed by atoms with van der Waals surface area (Å²) >= 11 is 1.16. The first-order valence-electron chi connectivity index (χ1n) is 4.57. The fourth-order valence-electron chi connectivity index (χ4n) is 0.983. The maximum absolute atomic E-state index is 11.3. The van der Waals surface area contributed by atoms with Crippen molar-refractivity contribution in [1.29, 1.82) is 0 Å². The molecule has 0 aliphatic rings. The van der Waals surface area contributed by atoms with E-state index in [2.05, 4.69) is 10.3 Å². The molecule has 1 aromatic heterocycles. The van der Waals surface area contributed by atoms with E-state index in [9.17, 15) is 9.59 Å². The molecule has 1 heterocycles. The summed E-state index contributed by atoms with van der Waals surface area (Å²) < 4.78 is 4.77. The predicted molar refractivity (Wildman–Crippen MR) is 57.7 cm³/mol. The molecule has 2 N–H and O–H groups in total. The molecule has 0 radical (unpaired) electrons. The average molecular weight is 244 g/mol. The summed E-state index contributed by atoms with van der Waals surface area (Å²) in [6.07, 6.45) is 0.0989. The maximum Gasteiger partial charge on any atom is 0.355 e. The van der Waals surface area contributed by atoms with Gasteiger partial charge < -0.3 is 15.2 Å². The van der Waals surface area contributed by atoms with E-state index in [-0.39, 0.29) is 18.0 Å². The molecule has 0 aliphatic carbocycles. The van der Waals surface area contributed by atoms with E-state index in [4.69, 9.17) is 9.84 Å². The maximum atomic E-state index is 11.3. The van der Waals surface area contributed by atoms with Gasteiger partial charge in [0.1, 0.15) is 5.01 Å². The molecule has 88 valence electrons. The first-order chi connectivity index (χ1) is 7.63. The Morgan fingerprint density at radius 2 is 2.38 bits per heavy atom. The molecule has 1 aromatic rings. The molecule has 16 heavy (non-hydrogen) atoms. The number of thiazole rings is 1. The molecule has 1 amide bonds. The monoisotopic (exact) mass is 244 g/mol. The Labute approximate surface area is 96.3 Å². The highest BCUT2D eigenvalue weighted by Gasteiger charge is 2.11. The number of nitrogens with zero attached hydrogens (tertiary/aromatic N) is 1. The zero-order valence-electron chi connectivity index (χ0n) is 8.73. The Hall–Kier alpha value is -1.47. The highest BCUT2D eigenvalue weighted by Crippen LogP contribution is 2.10. The minimum atomic E-state index is -1.08. The molecule has 0 aromatic carbocycles. The third-order valence-corrected chi connectivity index (χ3v) is 2.56. The fraction of sp³-hybridized carbons (Fsp3) is 0.444. The lowest BCUT2D eigenvalue weighted by molar-refractivity contribution is -0.120. The first-order valence-corrected chi connectivity index (χ1v) is 5.44. The summed E-state index contributed by atoms with van der Waals surface area (Å²) in [5.41, 5.74) is -0.0234. The van der Waals surface area contributed by atoms with Crippen LogP contribution in [0.4, 0.5) is 0 Å². The minimum Gasteiger partial charge on any atom is -0.476 e. The van der Waals surface area contributed by atoms with Gasteiger partial charge in [-0.15, -0.1) is 11.3 Å². The van der Waals surface area contributed by atoms with Crippen LogP contribution in [0, 0.1) is 0 Å². The number of aromatic nitrogens is 1. The molecule has 1 rings (SSSR count). The molecular weight excluding hydrogens is 232 g/mol. The number of hydrogen-bond acceptors (Lipinski definition) is 5. The Kier molecular flexibility index (Phi) is 4.87. The van der Waals surface area contributed by atoms with Crippen molar-refractivity contribution in [3.05, 3.63) is 16.1 Å². The predicted octanol–water partition coefficient (Wildman–Crippen LogP) is 0.146. The Morgan fingerprint density at radius 1 is 1.62 bits per heavy atom. The molecule has 6 nitrogen and oxygen atoms in total. The van der Waals surface area contributed by atoms with Gasteiger partial charge in [-0.05, 0) is 0 Å². The summed E-state index contributed by atoms with van der Waals surface area (Å²) in [7, 11) is 1.55. The Balaban J connectivity index is 2.40. The van der Waals surface area contributed by atoms with Crippen LogP contribution < -0.4 is 5.32 Å². The SMILES string of the molecule is COCCNC(=O)Cc1nc(C(=O)O)cs1. The zero-order chi connectivity index (χ0) is 12.0. The van der Waals surface area contributed by atoms with Crippen LogP contribution in [0.3, 0.4) is 0 Å². The van der Waals surface area contributed by atoms with E-state index in [1.165, 1.54) is 5.38 Å². The van der Waals surface area contributed by atoms with Crippen LogP contribution in [0.25, 0.3) is 0 Å². The lowest BCUT2D eigenvalue weighted by Crippen LogP contribution is -2.28. The third-order valence-electron chi connectivity index (χ3n) is 1.71. The topological polar surface area (TPSA) is 88.5 Å². The minimum absolute atomic E-state index is 0.0234. The van der Waals surface area contributed by atoms with Crippen LogP contribution in [0.2, 0.25) is 0 Å². The van der Waals surface area contributed by atoms with E-state index < -0.39 is 5.97 Å². The van der Waals surface area contributed by atoms with E-state index >= 15 is 0 Å². The van der Waals surface area contributed by atoms with E-state index in [0.717, 1.165) is 11.3 Å². The molecule has 0 aliphatic heterocycles.